The number of rotatable bonds is 5. The molecule has 3 rings (SSSR count). The van der Waals surface area contributed by atoms with E-state index in [1.807, 2.05) is 5.43 Å². The maximum atomic E-state index is 12.1. The molecule has 12 heteroatoms. The third kappa shape index (κ3) is 5.62. The molecule has 3 N–H and O–H groups in total. The highest BCUT2D eigenvalue weighted by Gasteiger charge is 2.72. The van der Waals surface area contributed by atoms with Crippen molar-refractivity contribution in [1.29, 1.82) is 0 Å². The van der Waals surface area contributed by atoms with Gasteiger partial charge in [-0.25, -0.2) is 15.0 Å². The monoisotopic (exact) mass is 397 g/mol. The van der Waals surface area contributed by atoms with E-state index in [0.717, 1.165) is 0 Å². The Bertz CT molecular complexity index is 597. The van der Waals surface area contributed by atoms with Crippen molar-refractivity contribution in [1.82, 2.24) is 16.2 Å². The average Bonchev–Trinajstić information content (AvgIpc) is 2.40. The van der Waals surface area contributed by atoms with Crippen LogP contribution in [-0.4, -0.2) is 48.8 Å². The van der Waals surface area contributed by atoms with Crippen LogP contribution in [0.1, 0.15) is 40.0 Å². The molecule has 3 aliphatic rings. The fraction of sp³-hybridized carbons (Fsp3) is 0.800. The first kappa shape index (κ1) is 21.1. The zero-order valence-corrected chi connectivity index (χ0v) is 15.1. The zero-order valence-electron chi connectivity index (χ0n) is 15.1. The van der Waals surface area contributed by atoms with Gasteiger partial charge in [-0.1, -0.05) is 0 Å². The van der Waals surface area contributed by atoms with E-state index < -0.39 is 54.2 Å². The summed E-state index contributed by atoms with van der Waals surface area (Å²) in [6, 6.07) is 0. The number of halogens is 3. The molecule has 0 atom stereocenters. The van der Waals surface area contributed by atoms with E-state index >= 15 is 0 Å². The Kier molecular flexibility index (Phi) is 5.51. The number of hydrazine groups is 1. The first-order valence-electron chi connectivity index (χ1n) is 8.19. The summed E-state index contributed by atoms with van der Waals surface area (Å²) in [6.45, 7) is 3.74. The van der Waals surface area contributed by atoms with Gasteiger partial charge in [-0.05, 0) is 40.0 Å². The maximum absolute atomic E-state index is 12.1. The van der Waals surface area contributed by atoms with Gasteiger partial charge in [0.05, 0.1) is 12.0 Å². The van der Waals surface area contributed by atoms with Crippen molar-refractivity contribution < 1.29 is 41.8 Å². The molecule has 0 aromatic rings. The molecule has 3 amide bonds. The van der Waals surface area contributed by atoms with Crippen molar-refractivity contribution in [3.05, 3.63) is 0 Å². The molecule has 0 saturated heterocycles. The van der Waals surface area contributed by atoms with Crippen LogP contribution in [-0.2, 0) is 19.0 Å². The molecule has 0 unspecified atom stereocenters. The highest BCUT2D eigenvalue weighted by Crippen LogP contribution is 2.67. The van der Waals surface area contributed by atoms with E-state index in [9.17, 15) is 27.6 Å². The Hall–Kier alpha value is -2.24. The van der Waals surface area contributed by atoms with Crippen LogP contribution in [0.4, 0.5) is 22.8 Å². The zero-order chi connectivity index (χ0) is 20.5. The summed E-state index contributed by atoms with van der Waals surface area (Å²) in [6.07, 6.45) is -5.26. The standard InChI is InChI=1S/C15H22F3N3O6/c1-12(2,3)27-10(23)19-14-6-13(7-14,8-14)9(22)20-21-11(24)25-4-5-26-15(16,17)18/h4-8H2,1-3H3,(H,19,23)(H,20,22)(H,21,24). The van der Waals surface area contributed by atoms with Crippen LogP contribution in [0.5, 0.6) is 0 Å². The second-order valence-corrected chi connectivity index (χ2v) is 7.73. The van der Waals surface area contributed by atoms with E-state index in [-0.39, 0.29) is 0 Å². The molecule has 3 aliphatic carbocycles. The van der Waals surface area contributed by atoms with Gasteiger partial charge in [0, 0.05) is 5.54 Å². The van der Waals surface area contributed by atoms with Gasteiger partial charge in [0.15, 0.2) is 0 Å². The van der Waals surface area contributed by atoms with Gasteiger partial charge in [0.25, 0.3) is 0 Å². The lowest BCUT2D eigenvalue weighted by atomic mass is 9.39. The number of ether oxygens (including phenoxy) is 3. The van der Waals surface area contributed by atoms with Gasteiger partial charge in [-0.2, -0.15) is 0 Å². The number of alkyl halides is 3. The number of carbonyl (C=O) groups excluding carboxylic acids is 3. The summed E-state index contributed by atoms with van der Waals surface area (Å²) >= 11 is 0. The number of hydrogen-bond donors (Lipinski definition) is 3. The van der Waals surface area contributed by atoms with Crippen LogP contribution in [0.15, 0.2) is 0 Å². The van der Waals surface area contributed by atoms with Gasteiger partial charge in [0.1, 0.15) is 12.2 Å². The Morgan fingerprint density at radius 2 is 1.56 bits per heavy atom. The molecule has 3 fully saturated rings. The van der Waals surface area contributed by atoms with Crippen LogP contribution >= 0.6 is 0 Å². The van der Waals surface area contributed by atoms with Gasteiger partial charge in [0.2, 0.25) is 5.91 Å². The Labute approximate surface area is 153 Å². The fourth-order valence-electron chi connectivity index (χ4n) is 3.25. The molecule has 27 heavy (non-hydrogen) atoms. The average molecular weight is 397 g/mol. The molecule has 2 bridgehead atoms. The smallest absolute Gasteiger partial charge is 0.446 e. The van der Waals surface area contributed by atoms with Gasteiger partial charge < -0.3 is 14.8 Å². The van der Waals surface area contributed by atoms with Gasteiger partial charge >= 0.3 is 18.5 Å². The fourth-order valence-corrected chi connectivity index (χ4v) is 3.25. The lowest BCUT2D eigenvalue weighted by molar-refractivity contribution is -0.326. The minimum atomic E-state index is -4.80. The van der Waals surface area contributed by atoms with Crippen molar-refractivity contribution in [3.8, 4) is 0 Å². The second-order valence-electron chi connectivity index (χ2n) is 7.73. The van der Waals surface area contributed by atoms with Crippen molar-refractivity contribution in [2.75, 3.05) is 13.2 Å². The van der Waals surface area contributed by atoms with Crippen LogP contribution in [0, 0.1) is 5.41 Å². The summed E-state index contributed by atoms with van der Waals surface area (Å²) in [4.78, 5) is 35.2. The molecule has 9 nitrogen and oxygen atoms in total. The summed E-state index contributed by atoms with van der Waals surface area (Å²) < 4.78 is 48.2. The third-order valence-corrected chi connectivity index (χ3v) is 4.14. The second kappa shape index (κ2) is 7.06. The first-order chi connectivity index (χ1) is 12.2. The van der Waals surface area contributed by atoms with E-state index in [2.05, 4.69) is 20.2 Å². The lowest BCUT2D eigenvalue weighted by Crippen LogP contribution is -2.79. The normalized spacial score (nSPS) is 26.1. The Balaban J connectivity index is 1.62. The Morgan fingerprint density at radius 3 is 2.07 bits per heavy atom. The minimum Gasteiger partial charge on any atom is -0.446 e. The van der Waals surface area contributed by atoms with E-state index in [4.69, 9.17) is 4.74 Å². The predicted molar refractivity (Wildman–Crippen MR) is 83.0 cm³/mol. The third-order valence-electron chi connectivity index (χ3n) is 4.14. The molecule has 0 aromatic heterocycles. The maximum Gasteiger partial charge on any atom is 0.522 e. The SMILES string of the molecule is CC(C)(C)OC(=O)NC12CC(C(=O)NNC(=O)OCCOC(F)(F)F)(C1)C2. The van der Waals surface area contributed by atoms with Crippen LogP contribution < -0.4 is 16.2 Å². The van der Waals surface area contributed by atoms with Crippen LogP contribution in [0.2, 0.25) is 0 Å². The van der Waals surface area contributed by atoms with Gasteiger partial charge in [-0.15, -0.1) is 13.2 Å². The molecule has 0 radical (unpaired) electrons. The van der Waals surface area contributed by atoms with Crippen molar-refractivity contribution >= 4 is 18.1 Å². The minimum absolute atomic E-state index is 0.404. The molecular formula is C15H22F3N3O6. The van der Waals surface area contributed by atoms with Crippen LogP contribution in [0.3, 0.4) is 0 Å². The first-order valence-corrected chi connectivity index (χ1v) is 8.19. The topological polar surface area (TPSA) is 115 Å². The van der Waals surface area contributed by atoms with Crippen molar-refractivity contribution in [2.45, 2.75) is 57.5 Å². The quantitative estimate of drug-likeness (QED) is 0.481. The van der Waals surface area contributed by atoms with Crippen LogP contribution in [0.25, 0.3) is 0 Å². The van der Waals surface area contributed by atoms with E-state index in [1.54, 1.807) is 20.8 Å². The number of hydrogen-bond acceptors (Lipinski definition) is 6. The summed E-state index contributed by atoms with van der Waals surface area (Å²) in [5.74, 6) is -0.459. The number of nitrogens with one attached hydrogen (secondary N) is 3. The summed E-state index contributed by atoms with van der Waals surface area (Å²) in [5, 5.41) is 2.75. The predicted octanol–water partition coefficient (Wildman–Crippen LogP) is 1.73. The number of amides is 3. The lowest BCUT2D eigenvalue weighted by Gasteiger charge is -2.68. The van der Waals surface area contributed by atoms with Crippen molar-refractivity contribution in [3.63, 3.8) is 0 Å². The summed E-state index contributed by atoms with van der Waals surface area (Å²) in [7, 11) is 0. The van der Waals surface area contributed by atoms with Gasteiger partial charge in [-0.3, -0.25) is 15.0 Å². The van der Waals surface area contributed by atoms with Crippen molar-refractivity contribution in [2.24, 2.45) is 5.41 Å². The molecule has 0 aliphatic heterocycles. The highest BCUT2D eigenvalue weighted by molar-refractivity contribution is 5.89. The Morgan fingerprint density at radius 1 is 0.963 bits per heavy atom. The molecule has 0 aromatic carbocycles. The molecular weight excluding hydrogens is 375 g/mol. The largest absolute Gasteiger partial charge is 0.522 e. The molecule has 154 valence electrons. The number of alkyl carbamates (subject to hydrolysis) is 1. The summed E-state index contributed by atoms with van der Waals surface area (Å²) in [5.41, 5.74) is 2.32. The highest BCUT2D eigenvalue weighted by atomic mass is 19.4. The molecule has 0 heterocycles. The van der Waals surface area contributed by atoms with E-state index in [0.29, 0.717) is 19.3 Å². The van der Waals surface area contributed by atoms with E-state index in [1.165, 1.54) is 0 Å². The number of carbonyl (C=O) groups is 3. The molecule has 3 saturated carbocycles. The molecule has 0 spiro atoms.